The van der Waals surface area contributed by atoms with Crippen LogP contribution < -0.4 is 0 Å². The molecule has 0 nitrogen and oxygen atoms in total. The van der Waals surface area contributed by atoms with Crippen LogP contribution in [-0.2, 0) is 0 Å². The Balaban J connectivity index is 0.000000464. The van der Waals surface area contributed by atoms with E-state index >= 15 is 0 Å². The summed E-state index contributed by atoms with van der Waals surface area (Å²) in [5, 5.41) is 0. The standard InChI is InChI=1S/C40H28S2.2BF4/c1-5-13-31(14-6-1)37-25-35(26-38(41-37)32-15-7-2-8-16-32)29-21-23-30(24-22-29)36-27-39(33-17-9-3-10-18-33)42-40(28-36)34-19-11-4-12-20-34;2*2-1(3,4)5/h1-28H;;/q+2;2*-1. The maximum absolute atomic E-state index is 9.75. The highest BCUT2D eigenvalue weighted by Gasteiger charge is 2.22. The van der Waals surface area contributed by atoms with Gasteiger partial charge in [-0.15, -0.1) is 0 Å². The summed E-state index contributed by atoms with van der Waals surface area (Å²) >= 11 is 3.68. The largest absolute Gasteiger partial charge is 0.673 e. The molecule has 0 saturated heterocycles. The summed E-state index contributed by atoms with van der Waals surface area (Å²) in [5.41, 5.74) is 9.84. The molecule has 262 valence electrons. The van der Waals surface area contributed by atoms with E-state index in [1.165, 1.54) is 64.0 Å². The molecule has 0 fully saturated rings. The number of benzene rings is 5. The fourth-order valence-corrected chi connectivity index (χ4v) is 7.40. The minimum atomic E-state index is -6.00. The highest BCUT2D eigenvalue weighted by molar-refractivity contribution is 7.18. The third-order valence-electron chi connectivity index (χ3n) is 7.37. The summed E-state index contributed by atoms with van der Waals surface area (Å²) in [6.45, 7) is 0. The molecule has 5 aromatic carbocycles. The van der Waals surface area contributed by atoms with Crippen molar-refractivity contribution in [3.63, 3.8) is 0 Å². The topological polar surface area (TPSA) is 0 Å². The van der Waals surface area contributed by atoms with E-state index < -0.39 is 14.5 Å². The Bertz CT molecular complexity index is 1880. The molecule has 0 saturated carbocycles. The van der Waals surface area contributed by atoms with Crippen molar-refractivity contribution >= 4 is 37.2 Å². The van der Waals surface area contributed by atoms with Gasteiger partial charge < -0.3 is 34.5 Å². The van der Waals surface area contributed by atoms with E-state index in [1.807, 2.05) is 22.7 Å². The minimum Gasteiger partial charge on any atom is -0.418 e. The summed E-state index contributed by atoms with van der Waals surface area (Å²) in [4.78, 5) is 5.06. The fraction of sp³-hybridized carbons (Fsp3) is 0. The first kappa shape index (κ1) is 38.1. The second-order valence-corrected chi connectivity index (χ2v) is 13.3. The van der Waals surface area contributed by atoms with Crippen molar-refractivity contribution in [3.05, 3.63) is 170 Å². The monoisotopic (exact) mass is 746 g/mol. The predicted molar refractivity (Wildman–Crippen MR) is 204 cm³/mol. The second kappa shape index (κ2) is 17.4. The van der Waals surface area contributed by atoms with Crippen molar-refractivity contribution < 1.29 is 34.5 Å². The summed E-state index contributed by atoms with van der Waals surface area (Å²) in [6, 6.07) is 61.1. The highest BCUT2D eigenvalue weighted by atomic mass is 32.1. The Kier molecular flexibility index (Phi) is 12.7. The Morgan fingerprint density at radius 2 is 0.442 bits per heavy atom. The molecule has 2 heterocycles. The van der Waals surface area contributed by atoms with E-state index in [0.29, 0.717) is 0 Å². The molecule has 0 spiro atoms. The zero-order valence-corrected chi connectivity index (χ0v) is 28.8. The van der Waals surface area contributed by atoms with Gasteiger partial charge in [-0.05, 0) is 70.8 Å². The Hall–Kier alpha value is -5.19. The van der Waals surface area contributed by atoms with E-state index in [-0.39, 0.29) is 0 Å². The lowest BCUT2D eigenvalue weighted by Gasteiger charge is -2.07. The molecule has 0 aliphatic heterocycles. The normalized spacial score (nSPS) is 11.1. The van der Waals surface area contributed by atoms with Crippen LogP contribution in [0.1, 0.15) is 0 Å². The molecule has 0 radical (unpaired) electrons. The zero-order chi connectivity index (χ0) is 37.1. The molecule has 0 bridgehead atoms. The lowest BCUT2D eigenvalue weighted by Crippen LogP contribution is -2.02. The molecule has 2 aromatic heterocycles. The van der Waals surface area contributed by atoms with Gasteiger partial charge in [0.05, 0.1) is 0 Å². The lowest BCUT2D eigenvalue weighted by molar-refractivity contribution is 0.366. The van der Waals surface area contributed by atoms with Gasteiger partial charge in [-0.3, -0.25) is 0 Å². The van der Waals surface area contributed by atoms with E-state index in [9.17, 15) is 34.5 Å². The maximum Gasteiger partial charge on any atom is 0.673 e. The van der Waals surface area contributed by atoms with Crippen molar-refractivity contribution in [3.8, 4) is 64.0 Å². The van der Waals surface area contributed by atoms with Gasteiger partial charge in [0.15, 0.2) is 0 Å². The van der Waals surface area contributed by atoms with Crippen LogP contribution in [-0.4, -0.2) is 14.5 Å². The smallest absolute Gasteiger partial charge is 0.418 e. The van der Waals surface area contributed by atoms with E-state index in [1.54, 1.807) is 0 Å². The summed E-state index contributed by atoms with van der Waals surface area (Å²) in [5.74, 6) is 0. The molecule has 52 heavy (non-hydrogen) atoms. The summed E-state index contributed by atoms with van der Waals surface area (Å²) < 4.78 is 78.0. The molecule has 0 N–H and O–H groups in total. The van der Waals surface area contributed by atoms with Gasteiger partial charge in [0.1, 0.15) is 0 Å². The number of halogens is 8. The van der Waals surface area contributed by atoms with E-state index in [2.05, 4.69) is 170 Å². The summed E-state index contributed by atoms with van der Waals surface area (Å²) in [6.07, 6.45) is 0. The average Bonchev–Trinajstić information content (AvgIpc) is 3.15. The van der Waals surface area contributed by atoms with Crippen molar-refractivity contribution in [2.24, 2.45) is 0 Å². The molecular formula is C40H28B2F8S2. The second-order valence-electron chi connectivity index (χ2n) is 11.2. The number of rotatable bonds is 6. The van der Waals surface area contributed by atoms with Crippen LogP contribution in [0.15, 0.2) is 170 Å². The first-order valence-electron chi connectivity index (χ1n) is 15.8. The van der Waals surface area contributed by atoms with Crippen molar-refractivity contribution in [2.75, 3.05) is 0 Å². The molecule has 12 heteroatoms. The van der Waals surface area contributed by atoms with Crippen LogP contribution in [0.4, 0.5) is 34.5 Å². The third-order valence-corrected chi connectivity index (χ3v) is 9.66. The highest BCUT2D eigenvalue weighted by Crippen LogP contribution is 2.40. The molecule has 0 aliphatic carbocycles. The van der Waals surface area contributed by atoms with E-state index in [0.717, 1.165) is 0 Å². The van der Waals surface area contributed by atoms with Gasteiger partial charge in [-0.25, -0.2) is 0 Å². The average molecular weight is 746 g/mol. The SMILES string of the molecule is F[B-](F)(F)F.F[B-](F)(F)F.c1ccc(-c2cc(-c3ccc(-c4cc(-c5ccccc5)[s+]c(-c5ccccc5)c4)cc3)cc(-c3ccccc3)[s+]2)cc1. The van der Waals surface area contributed by atoms with Crippen molar-refractivity contribution in [2.45, 2.75) is 0 Å². The van der Waals surface area contributed by atoms with Crippen molar-refractivity contribution in [1.82, 2.24) is 0 Å². The Labute approximate surface area is 304 Å². The minimum absolute atomic E-state index is 1.21. The molecule has 0 amide bonds. The van der Waals surface area contributed by atoms with Crippen LogP contribution in [0.25, 0.3) is 64.0 Å². The van der Waals surface area contributed by atoms with Gasteiger partial charge in [-0.1, -0.05) is 97.1 Å². The zero-order valence-electron chi connectivity index (χ0n) is 27.2. The first-order chi connectivity index (χ1) is 24.8. The quantitative estimate of drug-likeness (QED) is 0.0903. The van der Waals surface area contributed by atoms with Gasteiger partial charge in [0.2, 0.25) is 42.2 Å². The molecular weight excluding hydrogens is 718 g/mol. The van der Waals surface area contributed by atoms with E-state index in [4.69, 9.17) is 0 Å². The maximum atomic E-state index is 9.75. The Morgan fingerprint density at radius 1 is 0.250 bits per heavy atom. The van der Waals surface area contributed by atoms with Gasteiger partial charge >= 0.3 is 14.5 Å². The first-order valence-corrected chi connectivity index (χ1v) is 17.5. The fourth-order valence-electron chi connectivity index (χ4n) is 5.17. The molecule has 0 aliphatic rings. The molecule has 7 aromatic rings. The molecule has 7 rings (SSSR count). The van der Waals surface area contributed by atoms with Gasteiger partial charge in [-0.2, -0.15) is 0 Å². The van der Waals surface area contributed by atoms with Crippen LogP contribution in [0.5, 0.6) is 0 Å². The van der Waals surface area contributed by atoms with Crippen LogP contribution >= 0.6 is 22.7 Å². The number of hydrogen-bond donors (Lipinski definition) is 0. The molecule has 0 atom stereocenters. The third kappa shape index (κ3) is 12.0. The number of hydrogen-bond acceptors (Lipinski definition) is 0. The van der Waals surface area contributed by atoms with Gasteiger partial charge in [0, 0.05) is 46.5 Å². The van der Waals surface area contributed by atoms with Crippen LogP contribution in [0.2, 0.25) is 0 Å². The van der Waals surface area contributed by atoms with Gasteiger partial charge in [0.25, 0.3) is 0 Å². The van der Waals surface area contributed by atoms with Crippen molar-refractivity contribution in [1.29, 1.82) is 0 Å². The van der Waals surface area contributed by atoms with Crippen LogP contribution in [0.3, 0.4) is 0 Å². The lowest BCUT2D eigenvalue weighted by atomic mass is 9.99. The molecule has 0 unspecified atom stereocenters. The Morgan fingerprint density at radius 3 is 0.635 bits per heavy atom. The summed E-state index contributed by atoms with van der Waals surface area (Å²) in [7, 11) is -12.0. The predicted octanol–water partition coefficient (Wildman–Crippen LogP) is 15.0. The van der Waals surface area contributed by atoms with Crippen LogP contribution in [0, 0.1) is 0 Å².